The largest absolute Gasteiger partial charge is 0.477 e. The highest BCUT2D eigenvalue weighted by Gasteiger charge is 2.21. The molecule has 0 unspecified atom stereocenters. The zero-order valence-corrected chi connectivity index (χ0v) is 11.3. The summed E-state index contributed by atoms with van der Waals surface area (Å²) < 4.78 is 32.7. The first kappa shape index (κ1) is 13.5. The van der Waals surface area contributed by atoms with Crippen LogP contribution in [-0.2, 0) is 6.42 Å². The number of hydrogen-bond donors (Lipinski definition) is 1. The SMILES string of the molecule is C=C(N)c1cc(-c2ccc(F)cc2F)c2c(n1)OCCC2. The summed E-state index contributed by atoms with van der Waals surface area (Å²) in [5, 5.41) is 0. The van der Waals surface area contributed by atoms with Gasteiger partial charge < -0.3 is 10.5 Å². The van der Waals surface area contributed by atoms with Gasteiger partial charge in [0, 0.05) is 17.2 Å². The van der Waals surface area contributed by atoms with Gasteiger partial charge in [-0.1, -0.05) is 6.58 Å². The third-order valence-electron chi connectivity index (χ3n) is 3.45. The molecule has 0 aliphatic carbocycles. The lowest BCUT2D eigenvalue weighted by atomic mass is 9.95. The van der Waals surface area contributed by atoms with E-state index in [1.165, 1.54) is 12.1 Å². The van der Waals surface area contributed by atoms with Gasteiger partial charge in [-0.2, -0.15) is 0 Å². The number of fused-ring (bicyclic) bond motifs is 1. The molecule has 0 radical (unpaired) electrons. The Morgan fingerprint density at radius 2 is 2.05 bits per heavy atom. The molecule has 1 aliphatic heterocycles. The minimum atomic E-state index is -0.623. The van der Waals surface area contributed by atoms with E-state index in [2.05, 4.69) is 11.6 Å². The van der Waals surface area contributed by atoms with Gasteiger partial charge in [0.25, 0.3) is 0 Å². The van der Waals surface area contributed by atoms with E-state index in [9.17, 15) is 8.78 Å². The molecule has 0 saturated carbocycles. The van der Waals surface area contributed by atoms with Crippen LogP contribution < -0.4 is 10.5 Å². The van der Waals surface area contributed by atoms with Crippen LogP contribution in [0.25, 0.3) is 16.8 Å². The van der Waals surface area contributed by atoms with Crippen molar-refractivity contribution in [3.8, 4) is 17.0 Å². The van der Waals surface area contributed by atoms with Crippen molar-refractivity contribution in [1.29, 1.82) is 0 Å². The Morgan fingerprint density at radius 3 is 2.76 bits per heavy atom. The molecule has 5 heteroatoms. The van der Waals surface area contributed by atoms with E-state index < -0.39 is 11.6 Å². The molecule has 0 amide bonds. The minimum Gasteiger partial charge on any atom is -0.477 e. The van der Waals surface area contributed by atoms with Gasteiger partial charge in [-0.05, 0) is 36.6 Å². The number of ether oxygens (including phenoxy) is 1. The normalized spacial score (nSPS) is 13.4. The molecule has 2 heterocycles. The number of pyridine rings is 1. The molecule has 21 heavy (non-hydrogen) atoms. The zero-order chi connectivity index (χ0) is 15.0. The van der Waals surface area contributed by atoms with Gasteiger partial charge in [0.15, 0.2) is 0 Å². The van der Waals surface area contributed by atoms with Crippen LogP contribution >= 0.6 is 0 Å². The van der Waals surface area contributed by atoms with Crippen LogP contribution in [0.5, 0.6) is 5.88 Å². The number of benzene rings is 1. The first-order valence-corrected chi connectivity index (χ1v) is 6.63. The minimum absolute atomic E-state index is 0.274. The molecule has 0 spiro atoms. The average Bonchev–Trinajstić information content (AvgIpc) is 2.46. The lowest BCUT2D eigenvalue weighted by Gasteiger charge is -2.21. The fourth-order valence-electron chi connectivity index (χ4n) is 2.44. The van der Waals surface area contributed by atoms with Crippen molar-refractivity contribution >= 4 is 5.70 Å². The van der Waals surface area contributed by atoms with E-state index in [1.54, 1.807) is 6.07 Å². The summed E-state index contributed by atoms with van der Waals surface area (Å²) >= 11 is 0. The lowest BCUT2D eigenvalue weighted by Crippen LogP contribution is -2.13. The highest BCUT2D eigenvalue weighted by atomic mass is 19.1. The maximum absolute atomic E-state index is 14.1. The van der Waals surface area contributed by atoms with Gasteiger partial charge in [-0.3, -0.25) is 0 Å². The van der Waals surface area contributed by atoms with E-state index in [0.717, 1.165) is 24.5 Å². The molecule has 1 aromatic carbocycles. The van der Waals surface area contributed by atoms with Crippen LogP contribution in [0.2, 0.25) is 0 Å². The molecule has 0 atom stereocenters. The predicted molar refractivity (Wildman–Crippen MR) is 76.6 cm³/mol. The summed E-state index contributed by atoms with van der Waals surface area (Å²) in [6.07, 6.45) is 1.55. The van der Waals surface area contributed by atoms with Gasteiger partial charge >= 0.3 is 0 Å². The molecule has 2 aromatic rings. The maximum Gasteiger partial charge on any atom is 0.217 e. The molecule has 3 rings (SSSR count). The third-order valence-corrected chi connectivity index (χ3v) is 3.45. The second kappa shape index (κ2) is 5.16. The van der Waals surface area contributed by atoms with Gasteiger partial charge in [-0.25, -0.2) is 13.8 Å². The maximum atomic E-state index is 14.1. The van der Waals surface area contributed by atoms with Crippen molar-refractivity contribution in [2.45, 2.75) is 12.8 Å². The topological polar surface area (TPSA) is 48.1 Å². The first-order valence-electron chi connectivity index (χ1n) is 6.63. The van der Waals surface area contributed by atoms with Crippen LogP contribution in [0, 0.1) is 11.6 Å². The summed E-state index contributed by atoms with van der Waals surface area (Å²) in [6.45, 7) is 4.21. The van der Waals surface area contributed by atoms with Crippen LogP contribution in [0.3, 0.4) is 0 Å². The fourth-order valence-corrected chi connectivity index (χ4v) is 2.44. The second-order valence-corrected chi connectivity index (χ2v) is 4.94. The quantitative estimate of drug-likeness (QED) is 0.922. The Balaban J connectivity index is 2.24. The van der Waals surface area contributed by atoms with Crippen LogP contribution in [0.4, 0.5) is 8.78 Å². The number of rotatable bonds is 2. The van der Waals surface area contributed by atoms with Crippen LogP contribution in [-0.4, -0.2) is 11.6 Å². The molecule has 108 valence electrons. The second-order valence-electron chi connectivity index (χ2n) is 4.94. The number of halogens is 2. The summed E-state index contributed by atoms with van der Waals surface area (Å²) in [5.74, 6) is -0.787. The van der Waals surface area contributed by atoms with Gasteiger partial charge in [0.2, 0.25) is 5.88 Å². The van der Waals surface area contributed by atoms with E-state index in [-0.39, 0.29) is 5.70 Å². The molecule has 1 aliphatic rings. The van der Waals surface area contributed by atoms with Crippen molar-refractivity contribution in [2.24, 2.45) is 5.73 Å². The molecule has 0 bridgehead atoms. The summed E-state index contributed by atoms with van der Waals surface area (Å²) in [7, 11) is 0. The number of aromatic nitrogens is 1. The van der Waals surface area contributed by atoms with Gasteiger partial charge in [0.05, 0.1) is 18.0 Å². The molecule has 0 fully saturated rings. The van der Waals surface area contributed by atoms with E-state index in [4.69, 9.17) is 10.5 Å². The predicted octanol–water partition coefficient (Wildman–Crippen LogP) is 3.28. The van der Waals surface area contributed by atoms with Crippen molar-refractivity contribution in [2.75, 3.05) is 6.61 Å². The molecule has 0 saturated heterocycles. The van der Waals surface area contributed by atoms with Crippen molar-refractivity contribution in [3.63, 3.8) is 0 Å². The Hall–Kier alpha value is -2.43. The van der Waals surface area contributed by atoms with E-state index in [1.807, 2.05) is 0 Å². The van der Waals surface area contributed by atoms with E-state index in [0.29, 0.717) is 29.3 Å². The molecule has 2 N–H and O–H groups in total. The van der Waals surface area contributed by atoms with Crippen LogP contribution in [0.15, 0.2) is 30.8 Å². The summed E-state index contributed by atoms with van der Waals surface area (Å²) in [5.41, 5.74) is 8.15. The van der Waals surface area contributed by atoms with Crippen molar-refractivity contribution in [3.05, 3.63) is 53.7 Å². The third kappa shape index (κ3) is 2.46. The summed E-state index contributed by atoms with van der Waals surface area (Å²) in [4.78, 5) is 4.30. The standard InChI is InChI=1S/C16H14F2N2O/c1-9(19)15-8-13(11-5-4-10(17)7-14(11)18)12-3-2-6-21-16(12)20-15/h4-5,7-8H,1-3,6,19H2. The van der Waals surface area contributed by atoms with Gasteiger partial charge in [0.1, 0.15) is 11.6 Å². The Kier molecular flexibility index (Phi) is 3.33. The molecule has 3 nitrogen and oxygen atoms in total. The summed E-state index contributed by atoms with van der Waals surface area (Å²) in [6, 6.07) is 5.18. The number of nitrogens with two attached hydrogens (primary N) is 1. The van der Waals surface area contributed by atoms with Gasteiger partial charge in [-0.15, -0.1) is 0 Å². The zero-order valence-electron chi connectivity index (χ0n) is 11.3. The Morgan fingerprint density at radius 1 is 1.24 bits per heavy atom. The Labute approximate surface area is 121 Å². The highest BCUT2D eigenvalue weighted by molar-refractivity contribution is 5.74. The fraction of sp³-hybridized carbons (Fsp3) is 0.188. The average molecular weight is 288 g/mol. The lowest BCUT2D eigenvalue weighted by molar-refractivity contribution is 0.276. The van der Waals surface area contributed by atoms with Crippen molar-refractivity contribution < 1.29 is 13.5 Å². The number of hydrogen-bond acceptors (Lipinski definition) is 3. The molecular formula is C16H14F2N2O. The Bertz CT molecular complexity index is 728. The van der Waals surface area contributed by atoms with E-state index >= 15 is 0 Å². The monoisotopic (exact) mass is 288 g/mol. The highest BCUT2D eigenvalue weighted by Crippen LogP contribution is 2.35. The first-order chi connectivity index (χ1) is 10.1. The van der Waals surface area contributed by atoms with Crippen molar-refractivity contribution in [1.82, 2.24) is 4.98 Å². The number of nitrogens with zero attached hydrogens (tertiary/aromatic N) is 1. The molecular weight excluding hydrogens is 274 g/mol. The molecule has 1 aromatic heterocycles. The smallest absolute Gasteiger partial charge is 0.217 e. The van der Waals surface area contributed by atoms with Crippen LogP contribution in [0.1, 0.15) is 17.7 Å².